The number of hydrogen-bond donors (Lipinski definition) is 1. The van der Waals surface area contributed by atoms with Crippen LogP contribution >= 0.6 is 11.6 Å². The van der Waals surface area contributed by atoms with Crippen LogP contribution in [0.15, 0.2) is 29.4 Å². The SMILES string of the molecule is CC/C=N/NC(=O)c1ccc(Cl)cc1. The third kappa shape index (κ3) is 3.18. The Kier molecular flexibility index (Phi) is 4.13. The van der Waals surface area contributed by atoms with E-state index >= 15 is 0 Å². The molecule has 0 atom stereocenters. The van der Waals surface area contributed by atoms with E-state index in [-0.39, 0.29) is 5.91 Å². The molecule has 74 valence electrons. The number of carbonyl (C=O) groups excluding carboxylic acids is 1. The molecule has 0 saturated heterocycles. The Labute approximate surface area is 87.8 Å². The molecule has 1 amide bonds. The van der Waals surface area contributed by atoms with Crippen molar-refractivity contribution in [1.29, 1.82) is 0 Å². The summed E-state index contributed by atoms with van der Waals surface area (Å²) < 4.78 is 0. The first-order valence-electron chi connectivity index (χ1n) is 4.31. The van der Waals surface area contributed by atoms with Gasteiger partial charge in [0.15, 0.2) is 0 Å². The van der Waals surface area contributed by atoms with E-state index in [4.69, 9.17) is 11.6 Å². The standard InChI is InChI=1S/C10H11ClN2O/c1-2-7-12-13-10(14)8-3-5-9(11)6-4-8/h3-7H,2H2,1H3,(H,13,14)/b12-7+. The molecule has 0 unspecified atom stereocenters. The molecule has 0 radical (unpaired) electrons. The molecule has 1 rings (SSSR count). The van der Waals surface area contributed by atoms with Crippen LogP contribution in [0.3, 0.4) is 0 Å². The van der Waals surface area contributed by atoms with Crippen LogP contribution < -0.4 is 5.43 Å². The van der Waals surface area contributed by atoms with Gasteiger partial charge in [-0.05, 0) is 30.7 Å². The zero-order valence-electron chi connectivity index (χ0n) is 7.83. The Morgan fingerprint density at radius 2 is 2.14 bits per heavy atom. The average Bonchev–Trinajstić information content (AvgIpc) is 2.19. The maximum absolute atomic E-state index is 11.4. The Morgan fingerprint density at radius 3 is 2.71 bits per heavy atom. The van der Waals surface area contributed by atoms with Crippen molar-refractivity contribution in [3.63, 3.8) is 0 Å². The fraction of sp³-hybridized carbons (Fsp3) is 0.200. The molecule has 14 heavy (non-hydrogen) atoms. The van der Waals surface area contributed by atoms with Crippen LogP contribution in [0.5, 0.6) is 0 Å². The van der Waals surface area contributed by atoms with Gasteiger partial charge in [0, 0.05) is 16.8 Å². The minimum atomic E-state index is -0.230. The van der Waals surface area contributed by atoms with Gasteiger partial charge in [-0.25, -0.2) is 5.43 Å². The second kappa shape index (κ2) is 5.40. The summed E-state index contributed by atoms with van der Waals surface area (Å²) in [5.74, 6) is -0.230. The van der Waals surface area contributed by atoms with Crippen LogP contribution in [0.4, 0.5) is 0 Å². The number of hydrogen-bond acceptors (Lipinski definition) is 2. The van der Waals surface area contributed by atoms with E-state index in [1.807, 2.05) is 6.92 Å². The lowest BCUT2D eigenvalue weighted by molar-refractivity contribution is 0.0955. The van der Waals surface area contributed by atoms with Gasteiger partial charge in [-0.2, -0.15) is 5.10 Å². The number of rotatable bonds is 3. The molecule has 0 aliphatic heterocycles. The van der Waals surface area contributed by atoms with Gasteiger partial charge in [0.05, 0.1) is 0 Å². The Balaban J connectivity index is 2.61. The van der Waals surface area contributed by atoms with E-state index in [9.17, 15) is 4.79 Å². The highest BCUT2D eigenvalue weighted by atomic mass is 35.5. The predicted molar refractivity (Wildman–Crippen MR) is 57.7 cm³/mol. The smallest absolute Gasteiger partial charge is 0.267 e. The molecule has 1 aromatic rings. The van der Waals surface area contributed by atoms with E-state index in [2.05, 4.69) is 10.5 Å². The molecule has 1 N–H and O–H groups in total. The molecule has 0 fully saturated rings. The Morgan fingerprint density at radius 1 is 1.50 bits per heavy atom. The van der Waals surface area contributed by atoms with Crippen molar-refractivity contribution in [2.45, 2.75) is 13.3 Å². The van der Waals surface area contributed by atoms with E-state index in [0.717, 1.165) is 6.42 Å². The third-order valence-electron chi connectivity index (χ3n) is 1.55. The first kappa shape index (κ1) is 10.7. The minimum absolute atomic E-state index is 0.230. The number of hydrazone groups is 1. The van der Waals surface area contributed by atoms with Crippen LogP contribution in [-0.4, -0.2) is 12.1 Å². The number of nitrogens with one attached hydrogen (secondary N) is 1. The van der Waals surface area contributed by atoms with Crippen LogP contribution in [0, 0.1) is 0 Å². The fourth-order valence-corrected chi connectivity index (χ4v) is 0.987. The molecule has 3 nitrogen and oxygen atoms in total. The van der Waals surface area contributed by atoms with Gasteiger partial charge in [0.1, 0.15) is 0 Å². The van der Waals surface area contributed by atoms with E-state index in [0.29, 0.717) is 10.6 Å². The highest BCUT2D eigenvalue weighted by Gasteiger charge is 2.02. The second-order valence-corrected chi connectivity index (χ2v) is 3.10. The predicted octanol–water partition coefficient (Wildman–Crippen LogP) is 2.47. The summed E-state index contributed by atoms with van der Waals surface area (Å²) in [5.41, 5.74) is 2.95. The van der Waals surface area contributed by atoms with Crippen molar-refractivity contribution >= 4 is 23.7 Å². The number of benzene rings is 1. The van der Waals surface area contributed by atoms with E-state index < -0.39 is 0 Å². The minimum Gasteiger partial charge on any atom is -0.267 e. The highest BCUT2D eigenvalue weighted by molar-refractivity contribution is 6.30. The zero-order chi connectivity index (χ0) is 10.4. The van der Waals surface area contributed by atoms with Gasteiger partial charge in [-0.1, -0.05) is 18.5 Å². The van der Waals surface area contributed by atoms with E-state index in [1.54, 1.807) is 30.5 Å². The fourth-order valence-electron chi connectivity index (χ4n) is 0.861. The lowest BCUT2D eigenvalue weighted by atomic mass is 10.2. The summed E-state index contributed by atoms with van der Waals surface area (Å²) in [6.45, 7) is 1.94. The molecule has 1 aromatic carbocycles. The van der Waals surface area contributed by atoms with E-state index in [1.165, 1.54) is 0 Å². The molecule has 0 saturated carbocycles. The number of halogens is 1. The first-order valence-corrected chi connectivity index (χ1v) is 4.69. The van der Waals surface area contributed by atoms with Crippen LogP contribution in [-0.2, 0) is 0 Å². The Bertz CT molecular complexity index is 332. The van der Waals surface area contributed by atoms with Gasteiger partial charge >= 0.3 is 0 Å². The van der Waals surface area contributed by atoms with Crippen molar-refractivity contribution in [2.24, 2.45) is 5.10 Å². The highest BCUT2D eigenvalue weighted by Crippen LogP contribution is 2.09. The van der Waals surface area contributed by atoms with Gasteiger partial charge in [0.2, 0.25) is 0 Å². The van der Waals surface area contributed by atoms with Crippen molar-refractivity contribution in [3.8, 4) is 0 Å². The largest absolute Gasteiger partial charge is 0.271 e. The maximum atomic E-state index is 11.4. The summed E-state index contributed by atoms with van der Waals surface area (Å²) in [4.78, 5) is 11.4. The van der Waals surface area contributed by atoms with Crippen LogP contribution in [0.25, 0.3) is 0 Å². The summed E-state index contributed by atoms with van der Waals surface area (Å²) in [7, 11) is 0. The summed E-state index contributed by atoms with van der Waals surface area (Å²) >= 11 is 5.68. The van der Waals surface area contributed by atoms with Gasteiger partial charge in [-0.3, -0.25) is 4.79 Å². The van der Waals surface area contributed by atoms with Crippen LogP contribution in [0.1, 0.15) is 23.7 Å². The normalized spacial score (nSPS) is 10.4. The molecule has 0 aromatic heterocycles. The summed E-state index contributed by atoms with van der Waals surface area (Å²) in [6.07, 6.45) is 2.43. The van der Waals surface area contributed by atoms with Crippen LogP contribution in [0.2, 0.25) is 5.02 Å². The molecule has 0 heterocycles. The quantitative estimate of drug-likeness (QED) is 0.604. The van der Waals surface area contributed by atoms with Gasteiger partial charge in [0.25, 0.3) is 5.91 Å². The van der Waals surface area contributed by atoms with Crippen molar-refractivity contribution in [1.82, 2.24) is 5.43 Å². The molecule has 0 bridgehead atoms. The van der Waals surface area contributed by atoms with Gasteiger partial charge in [-0.15, -0.1) is 0 Å². The lowest BCUT2D eigenvalue weighted by Crippen LogP contribution is -2.17. The molecular formula is C10H11ClN2O. The summed E-state index contributed by atoms with van der Waals surface area (Å²) in [5, 5.41) is 4.34. The topological polar surface area (TPSA) is 41.5 Å². The lowest BCUT2D eigenvalue weighted by Gasteiger charge is -1.98. The molecule has 0 spiro atoms. The molecule has 0 aliphatic carbocycles. The molecular weight excluding hydrogens is 200 g/mol. The molecule has 4 heteroatoms. The number of amides is 1. The monoisotopic (exact) mass is 210 g/mol. The van der Waals surface area contributed by atoms with Crippen molar-refractivity contribution < 1.29 is 4.79 Å². The van der Waals surface area contributed by atoms with Crippen molar-refractivity contribution in [3.05, 3.63) is 34.9 Å². The maximum Gasteiger partial charge on any atom is 0.271 e. The second-order valence-electron chi connectivity index (χ2n) is 2.67. The Hall–Kier alpha value is -1.35. The van der Waals surface area contributed by atoms with Crippen molar-refractivity contribution in [2.75, 3.05) is 0 Å². The third-order valence-corrected chi connectivity index (χ3v) is 1.80. The van der Waals surface area contributed by atoms with Gasteiger partial charge < -0.3 is 0 Å². The molecule has 0 aliphatic rings. The number of carbonyl (C=O) groups is 1. The average molecular weight is 211 g/mol. The number of nitrogens with zero attached hydrogens (tertiary/aromatic N) is 1. The summed E-state index contributed by atoms with van der Waals surface area (Å²) in [6, 6.07) is 6.64. The first-order chi connectivity index (χ1) is 6.74. The zero-order valence-corrected chi connectivity index (χ0v) is 8.58.